The molecular formula is C27H33N3O4S. The molecule has 2 heterocycles. The molecule has 0 saturated carbocycles. The summed E-state index contributed by atoms with van der Waals surface area (Å²) in [5, 5.41) is 3.64. The number of nitrogens with one attached hydrogen (secondary N) is 1. The maximum Gasteiger partial charge on any atom is 0.308 e. The number of nitrogens with zero attached hydrogens (tertiary/aromatic N) is 2. The summed E-state index contributed by atoms with van der Waals surface area (Å²) in [4.78, 5) is 44.5. The third-order valence-electron chi connectivity index (χ3n) is 6.50. The van der Waals surface area contributed by atoms with E-state index in [0.29, 0.717) is 5.39 Å². The van der Waals surface area contributed by atoms with Crippen molar-refractivity contribution in [3.63, 3.8) is 0 Å². The van der Waals surface area contributed by atoms with Crippen LogP contribution in [0.5, 0.6) is 0 Å². The zero-order chi connectivity index (χ0) is 25.1. The molecule has 0 unspecified atom stereocenters. The number of fused-ring (bicyclic) bond motifs is 3. The molecule has 0 fully saturated rings. The van der Waals surface area contributed by atoms with Crippen LogP contribution in [0.4, 0.5) is 5.69 Å². The van der Waals surface area contributed by atoms with Crippen LogP contribution in [0.2, 0.25) is 0 Å². The zero-order valence-corrected chi connectivity index (χ0v) is 21.7. The van der Waals surface area contributed by atoms with Crippen molar-refractivity contribution in [2.45, 2.75) is 78.2 Å². The molecule has 1 aromatic carbocycles. The van der Waals surface area contributed by atoms with Gasteiger partial charge in [0.05, 0.1) is 18.1 Å². The molecule has 0 spiro atoms. The first-order valence-corrected chi connectivity index (χ1v) is 13.2. The third-order valence-corrected chi connectivity index (χ3v) is 7.70. The Morgan fingerprint density at radius 1 is 1.11 bits per heavy atom. The van der Waals surface area contributed by atoms with Crippen LogP contribution in [0.1, 0.15) is 80.4 Å². The highest BCUT2D eigenvalue weighted by Gasteiger charge is 2.21. The van der Waals surface area contributed by atoms with Gasteiger partial charge in [-0.15, -0.1) is 11.3 Å². The number of amides is 1. The summed E-state index contributed by atoms with van der Waals surface area (Å²) in [5.74, 6) is -0.423. The Labute approximate surface area is 209 Å². The fourth-order valence-corrected chi connectivity index (χ4v) is 5.86. The minimum Gasteiger partial charge on any atom is -0.456 e. The van der Waals surface area contributed by atoms with Crippen molar-refractivity contribution in [3.8, 4) is 0 Å². The second-order valence-electron chi connectivity index (χ2n) is 9.71. The van der Waals surface area contributed by atoms with Crippen LogP contribution in [0.3, 0.4) is 0 Å². The quantitative estimate of drug-likeness (QED) is 0.436. The number of esters is 1. The maximum atomic E-state index is 13.0. The Hall–Kier alpha value is -3.00. The van der Waals surface area contributed by atoms with Crippen LogP contribution in [0.15, 0.2) is 29.3 Å². The predicted molar refractivity (Wildman–Crippen MR) is 139 cm³/mol. The van der Waals surface area contributed by atoms with E-state index in [1.54, 1.807) is 11.3 Å². The first kappa shape index (κ1) is 25.1. The van der Waals surface area contributed by atoms with Gasteiger partial charge in [0, 0.05) is 17.1 Å². The molecule has 1 amide bonds. The maximum absolute atomic E-state index is 13.0. The Bertz CT molecular complexity index is 1280. The summed E-state index contributed by atoms with van der Waals surface area (Å²) >= 11 is 1.60. The van der Waals surface area contributed by atoms with Gasteiger partial charge < -0.3 is 10.1 Å². The highest BCUT2D eigenvalue weighted by molar-refractivity contribution is 7.18. The number of hydrogen-bond donors (Lipinski definition) is 1. The van der Waals surface area contributed by atoms with Gasteiger partial charge in [-0.1, -0.05) is 45.9 Å². The smallest absolute Gasteiger partial charge is 0.308 e. The molecule has 4 rings (SSSR count). The monoisotopic (exact) mass is 495 g/mol. The van der Waals surface area contributed by atoms with Crippen molar-refractivity contribution in [1.82, 2.24) is 9.55 Å². The Kier molecular flexibility index (Phi) is 7.69. The molecule has 0 saturated heterocycles. The predicted octanol–water partition coefficient (Wildman–Crippen LogP) is 5.16. The van der Waals surface area contributed by atoms with Crippen LogP contribution in [-0.2, 0) is 33.7 Å². The Morgan fingerprint density at radius 3 is 2.49 bits per heavy atom. The Morgan fingerprint density at radius 2 is 1.80 bits per heavy atom. The van der Waals surface area contributed by atoms with E-state index in [0.717, 1.165) is 52.9 Å². The highest BCUT2D eigenvalue weighted by atomic mass is 32.1. The van der Waals surface area contributed by atoms with Gasteiger partial charge in [0.15, 0.2) is 6.61 Å². The fraction of sp³-hybridized carbons (Fsp3) is 0.481. The van der Waals surface area contributed by atoms with Crippen molar-refractivity contribution in [2.24, 2.45) is 0 Å². The normalized spacial score (nSPS) is 13.3. The number of aromatic nitrogens is 2. The van der Waals surface area contributed by atoms with Gasteiger partial charge >= 0.3 is 5.97 Å². The number of benzene rings is 1. The summed E-state index contributed by atoms with van der Waals surface area (Å²) in [7, 11) is 0. The lowest BCUT2D eigenvalue weighted by atomic mass is 9.92. The van der Waals surface area contributed by atoms with Gasteiger partial charge in [-0.2, -0.15) is 0 Å². The highest BCUT2D eigenvalue weighted by Crippen LogP contribution is 2.34. The van der Waals surface area contributed by atoms with Gasteiger partial charge in [-0.3, -0.25) is 19.0 Å². The van der Waals surface area contributed by atoms with E-state index >= 15 is 0 Å². The first-order valence-electron chi connectivity index (χ1n) is 12.3. The van der Waals surface area contributed by atoms with E-state index in [9.17, 15) is 14.4 Å². The number of para-hydroxylation sites is 1. The molecule has 1 N–H and O–H groups in total. The second-order valence-corrected chi connectivity index (χ2v) is 10.8. The van der Waals surface area contributed by atoms with E-state index in [4.69, 9.17) is 4.74 Å². The number of hydrogen-bond acceptors (Lipinski definition) is 6. The molecule has 8 heteroatoms. The average molecular weight is 496 g/mol. The van der Waals surface area contributed by atoms with Crippen LogP contribution in [0.25, 0.3) is 10.2 Å². The van der Waals surface area contributed by atoms with E-state index in [1.807, 2.05) is 18.2 Å². The second kappa shape index (κ2) is 10.7. The molecule has 3 aromatic rings. The van der Waals surface area contributed by atoms with E-state index in [-0.39, 0.29) is 42.9 Å². The summed E-state index contributed by atoms with van der Waals surface area (Å²) in [6.45, 7) is 8.11. The molecule has 0 atom stereocenters. The topological polar surface area (TPSA) is 90.3 Å². The number of aryl methyl sites for hydroxylation is 3. The van der Waals surface area contributed by atoms with Crippen molar-refractivity contribution in [3.05, 3.63) is 56.4 Å². The van der Waals surface area contributed by atoms with Crippen LogP contribution < -0.4 is 10.9 Å². The van der Waals surface area contributed by atoms with Crippen LogP contribution >= 0.6 is 11.3 Å². The van der Waals surface area contributed by atoms with Crippen molar-refractivity contribution in [1.29, 1.82) is 0 Å². The molecule has 0 aliphatic heterocycles. The average Bonchev–Trinajstić information content (AvgIpc) is 3.21. The summed E-state index contributed by atoms with van der Waals surface area (Å²) in [5.41, 5.74) is 3.92. The number of thiophene rings is 1. The third kappa shape index (κ3) is 5.48. The van der Waals surface area contributed by atoms with Gasteiger partial charge in [0.25, 0.3) is 11.5 Å². The molecule has 1 aliphatic rings. The molecule has 1 aliphatic carbocycles. The van der Waals surface area contributed by atoms with Crippen LogP contribution in [0, 0.1) is 0 Å². The lowest BCUT2D eigenvalue weighted by Crippen LogP contribution is -2.25. The number of ether oxygens (including phenoxy) is 1. The number of carbonyl (C=O) groups excluding carboxylic acids is 2. The number of anilines is 1. The molecule has 0 radical (unpaired) electrons. The Balaban J connectivity index is 1.37. The lowest BCUT2D eigenvalue weighted by Gasteiger charge is -2.20. The zero-order valence-electron chi connectivity index (χ0n) is 20.8. The van der Waals surface area contributed by atoms with Gasteiger partial charge in [0.2, 0.25) is 0 Å². The molecule has 186 valence electrons. The van der Waals surface area contributed by atoms with Crippen LogP contribution in [-0.4, -0.2) is 28.0 Å². The summed E-state index contributed by atoms with van der Waals surface area (Å²) < 4.78 is 6.69. The molecule has 7 nitrogen and oxygen atoms in total. The van der Waals surface area contributed by atoms with Gasteiger partial charge in [0.1, 0.15) is 4.83 Å². The largest absolute Gasteiger partial charge is 0.456 e. The fourth-order valence-electron chi connectivity index (χ4n) is 4.64. The van der Waals surface area contributed by atoms with Gasteiger partial charge in [-0.05, 0) is 54.2 Å². The minimum absolute atomic E-state index is 0.00741. The molecule has 35 heavy (non-hydrogen) atoms. The van der Waals surface area contributed by atoms with Crippen molar-refractivity contribution in [2.75, 3.05) is 11.9 Å². The molecular weight excluding hydrogens is 462 g/mol. The summed E-state index contributed by atoms with van der Waals surface area (Å²) in [6.07, 6.45) is 5.64. The first-order chi connectivity index (χ1) is 16.8. The summed E-state index contributed by atoms with van der Waals surface area (Å²) in [6, 6.07) is 6.01. The number of carbonyl (C=O) groups is 2. The van der Waals surface area contributed by atoms with Crippen molar-refractivity contribution < 1.29 is 14.3 Å². The van der Waals surface area contributed by atoms with E-state index in [2.05, 4.69) is 38.0 Å². The SMILES string of the molecule is CC(C)c1cccc(C(C)C)c1NC(=O)COC(=O)CCn1cnc2sc3c(c2c1=O)CCCC3. The lowest BCUT2D eigenvalue weighted by molar-refractivity contribution is -0.147. The van der Waals surface area contributed by atoms with Crippen molar-refractivity contribution >= 4 is 39.1 Å². The van der Waals surface area contributed by atoms with E-state index in [1.165, 1.54) is 15.8 Å². The molecule has 2 aromatic heterocycles. The number of rotatable bonds is 8. The standard InChI is InChI=1S/C27H33N3O4S/c1-16(2)18-9-7-10-19(17(3)4)25(18)29-22(31)14-34-23(32)12-13-30-15-28-26-24(27(30)33)20-8-5-6-11-21(20)35-26/h7,9-10,15-17H,5-6,8,11-14H2,1-4H3,(H,29,31). The van der Waals surface area contributed by atoms with E-state index < -0.39 is 5.97 Å². The minimum atomic E-state index is -0.527. The van der Waals surface area contributed by atoms with Gasteiger partial charge in [-0.25, -0.2) is 4.98 Å². The molecule has 0 bridgehead atoms.